The minimum Gasteiger partial charge on any atom is -0.462 e. The largest absolute Gasteiger partial charge is 0.462 e. The van der Waals surface area contributed by atoms with Crippen LogP contribution in [0.4, 0.5) is 0 Å². The van der Waals surface area contributed by atoms with Crippen LogP contribution in [0.3, 0.4) is 0 Å². The summed E-state index contributed by atoms with van der Waals surface area (Å²) >= 11 is 1.20. The highest BCUT2D eigenvalue weighted by Crippen LogP contribution is 2.27. The predicted octanol–water partition coefficient (Wildman–Crippen LogP) is 2.11. The van der Waals surface area contributed by atoms with Gasteiger partial charge in [0.15, 0.2) is 18.2 Å². The van der Waals surface area contributed by atoms with Crippen LogP contribution in [0.15, 0.2) is 29.3 Å². The zero-order valence-electron chi connectivity index (χ0n) is 13.8. The van der Waals surface area contributed by atoms with E-state index in [9.17, 15) is 9.59 Å². The summed E-state index contributed by atoms with van der Waals surface area (Å²) in [6.07, 6.45) is 3.87. The van der Waals surface area contributed by atoms with E-state index in [4.69, 9.17) is 4.74 Å². The van der Waals surface area contributed by atoms with Crippen molar-refractivity contribution in [1.82, 2.24) is 9.97 Å². The van der Waals surface area contributed by atoms with E-state index >= 15 is 0 Å². The minimum absolute atomic E-state index is 0.230. The molecule has 0 aliphatic heterocycles. The predicted molar refractivity (Wildman–Crippen MR) is 91.4 cm³/mol. The second-order valence-electron chi connectivity index (χ2n) is 5.52. The molecule has 0 aromatic carbocycles. The van der Waals surface area contributed by atoms with Gasteiger partial charge in [0.2, 0.25) is 6.54 Å². The lowest BCUT2D eigenvalue weighted by molar-refractivity contribution is -0.689. The van der Waals surface area contributed by atoms with Crippen molar-refractivity contribution in [3.05, 3.63) is 56.7 Å². The van der Waals surface area contributed by atoms with Gasteiger partial charge < -0.3 is 9.72 Å². The van der Waals surface area contributed by atoms with Gasteiger partial charge in [0.05, 0.1) is 12.0 Å². The number of nitrogens with one attached hydrogen (secondary N) is 1. The number of aryl methyl sites for hydroxylation is 2. The van der Waals surface area contributed by atoms with Crippen LogP contribution >= 0.6 is 11.3 Å². The van der Waals surface area contributed by atoms with Gasteiger partial charge in [-0.05, 0) is 31.9 Å². The highest BCUT2D eigenvalue weighted by molar-refractivity contribution is 7.20. The maximum Gasteiger partial charge on any atom is 0.348 e. The monoisotopic (exact) mass is 344 g/mol. The Balaban J connectivity index is 2.02. The number of thiophene rings is 1. The van der Waals surface area contributed by atoms with E-state index in [1.807, 2.05) is 36.0 Å². The molecule has 0 spiro atoms. The number of rotatable bonds is 4. The molecule has 0 atom stereocenters. The van der Waals surface area contributed by atoms with E-state index in [0.29, 0.717) is 39.6 Å². The molecule has 3 heterocycles. The molecule has 0 unspecified atom stereocenters. The fourth-order valence-corrected chi connectivity index (χ4v) is 3.56. The lowest BCUT2D eigenvalue weighted by Crippen LogP contribution is -2.35. The molecule has 0 saturated heterocycles. The first kappa shape index (κ1) is 16.3. The Hall–Kier alpha value is -2.54. The van der Waals surface area contributed by atoms with Gasteiger partial charge in [-0.15, -0.1) is 11.3 Å². The average Bonchev–Trinajstić information content (AvgIpc) is 2.87. The Bertz CT molecular complexity index is 958. The number of esters is 1. The lowest BCUT2D eigenvalue weighted by atomic mass is 10.2. The van der Waals surface area contributed by atoms with Gasteiger partial charge in [-0.1, -0.05) is 0 Å². The third-order valence-electron chi connectivity index (χ3n) is 3.70. The zero-order chi connectivity index (χ0) is 17.3. The van der Waals surface area contributed by atoms with Gasteiger partial charge in [-0.25, -0.2) is 9.78 Å². The van der Waals surface area contributed by atoms with Gasteiger partial charge in [0.25, 0.3) is 5.56 Å². The van der Waals surface area contributed by atoms with Gasteiger partial charge in [0, 0.05) is 12.1 Å². The normalized spacial score (nSPS) is 11.0. The number of carbonyl (C=O) groups excluding carboxylic acids is 1. The molecule has 0 aliphatic rings. The zero-order valence-corrected chi connectivity index (χ0v) is 14.6. The standard InChI is InChI=1S/C17H17N3O3S/c1-4-23-17(22)14-11(3)13-15(21)18-12(19-16(13)24-14)9-20-7-5-10(2)6-8-20/h5-8H,4,9H2,1-3H3/p+1. The van der Waals surface area contributed by atoms with Crippen molar-refractivity contribution >= 4 is 27.5 Å². The van der Waals surface area contributed by atoms with Crippen LogP contribution in [0.2, 0.25) is 0 Å². The van der Waals surface area contributed by atoms with Crippen LogP contribution in [0.1, 0.15) is 33.5 Å². The molecule has 3 aromatic rings. The molecule has 3 aromatic heterocycles. The van der Waals surface area contributed by atoms with Crippen LogP contribution in [0.25, 0.3) is 10.2 Å². The molecule has 3 rings (SSSR count). The van der Waals surface area contributed by atoms with Crippen molar-refractivity contribution in [2.24, 2.45) is 0 Å². The number of aromatic amines is 1. The molecule has 124 valence electrons. The quantitative estimate of drug-likeness (QED) is 0.581. The van der Waals surface area contributed by atoms with E-state index in [1.54, 1.807) is 13.8 Å². The molecule has 1 N–H and O–H groups in total. The fourth-order valence-electron chi connectivity index (χ4n) is 2.46. The van der Waals surface area contributed by atoms with E-state index in [0.717, 1.165) is 5.56 Å². The number of hydrogen-bond donors (Lipinski definition) is 1. The molecular weight excluding hydrogens is 326 g/mol. The molecule has 0 saturated carbocycles. The Morgan fingerprint density at radius 3 is 2.71 bits per heavy atom. The number of carbonyl (C=O) groups is 1. The van der Waals surface area contributed by atoms with Crippen molar-refractivity contribution in [2.45, 2.75) is 27.3 Å². The van der Waals surface area contributed by atoms with Gasteiger partial charge >= 0.3 is 5.97 Å². The van der Waals surface area contributed by atoms with Crippen LogP contribution in [-0.2, 0) is 11.3 Å². The second-order valence-corrected chi connectivity index (χ2v) is 6.52. The number of aromatic nitrogens is 3. The molecule has 0 fully saturated rings. The molecule has 0 radical (unpaired) electrons. The Kier molecular flexibility index (Phi) is 4.44. The van der Waals surface area contributed by atoms with Gasteiger partial charge in [-0.3, -0.25) is 4.79 Å². The maximum absolute atomic E-state index is 12.4. The summed E-state index contributed by atoms with van der Waals surface area (Å²) in [6, 6.07) is 3.98. The highest BCUT2D eigenvalue weighted by Gasteiger charge is 2.20. The number of H-pyrrole nitrogens is 1. The highest BCUT2D eigenvalue weighted by atomic mass is 32.1. The lowest BCUT2D eigenvalue weighted by Gasteiger charge is -1.99. The van der Waals surface area contributed by atoms with Crippen molar-refractivity contribution < 1.29 is 14.1 Å². The van der Waals surface area contributed by atoms with E-state index in [1.165, 1.54) is 11.3 Å². The number of nitrogens with zero attached hydrogens (tertiary/aromatic N) is 2. The molecule has 0 amide bonds. The Labute approximate surface area is 142 Å². The molecular formula is C17H18N3O3S+. The minimum atomic E-state index is -0.410. The van der Waals surface area contributed by atoms with Crippen molar-refractivity contribution in [2.75, 3.05) is 6.61 Å². The maximum atomic E-state index is 12.4. The summed E-state index contributed by atoms with van der Waals surface area (Å²) in [5.41, 5.74) is 1.56. The summed E-state index contributed by atoms with van der Waals surface area (Å²) in [4.78, 5) is 32.7. The number of ether oxygens (including phenoxy) is 1. The molecule has 0 aliphatic carbocycles. The summed E-state index contributed by atoms with van der Waals surface area (Å²) in [6.45, 7) is 6.27. The number of hydrogen-bond acceptors (Lipinski definition) is 5. The van der Waals surface area contributed by atoms with E-state index < -0.39 is 5.97 Å². The van der Waals surface area contributed by atoms with Crippen LogP contribution in [0, 0.1) is 13.8 Å². The topological polar surface area (TPSA) is 75.9 Å². The molecule has 6 nitrogen and oxygen atoms in total. The average molecular weight is 344 g/mol. The van der Waals surface area contributed by atoms with Gasteiger partial charge in [0.1, 0.15) is 9.71 Å². The van der Waals surface area contributed by atoms with Crippen LogP contribution in [0.5, 0.6) is 0 Å². The summed E-state index contributed by atoms with van der Waals surface area (Å²) in [5, 5.41) is 0.459. The Morgan fingerprint density at radius 1 is 1.33 bits per heavy atom. The first-order chi connectivity index (χ1) is 11.5. The van der Waals surface area contributed by atoms with Crippen LogP contribution in [-0.4, -0.2) is 22.5 Å². The molecule has 24 heavy (non-hydrogen) atoms. The number of pyridine rings is 1. The number of fused-ring (bicyclic) bond motifs is 1. The third kappa shape index (κ3) is 3.07. The molecule has 0 bridgehead atoms. The first-order valence-corrected chi connectivity index (χ1v) is 8.46. The molecule has 7 heteroatoms. The van der Waals surface area contributed by atoms with E-state index in [-0.39, 0.29) is 5.56 Å². The van der Waals surface area contributed by atoms with Crippen molar-refractivity contribution in [3.8, 4) is 0 Å². The first-order valence-electron chi connectivity index (χ1n) is 7.64. The third-order valence-corrected chi connectivity index (χ3v) is 4.87. The van der Waals surface area contributed by atoms with Crippen molar-refractivity contribution in [3.63, 3.8) is 0 Å². The SMILES string of the molecule is CCOC(=O)c1sc2nc(C[n+]3ccc(C)cc3)[nH]c(=O)c2c1C. The summed E-state index contributed by atoms with van der Waals surface area (Å²) in [5.74, 6) is 0.143. The smallest absolute Gasteiger partial charge is 0.348 e. The second kappa shape index (κ2) is 6.52. The Morgan fingerprint density at radius 2 is 2.04 bits per heavy atom. The van der Waals surface area contributed by atoms with Crippen molar-refractivity contribution in [1.29, 1.82) is 0 Å². The van der Waals surface area contributed by atoms with E-state index in [2.05, 4.69) is 9.97 Å². The van der Waals surface area contributed by atoms with Crippen LogP contribution < -0.4 is 10.1 Å². The fraction of sp³-hybridized carbons (Fsp3) is 0.294. The summed E-state index contributed by atoms with van der Waals surface area (Å²) in [7, 11) is 0. The van der Waals surface area contributed by atoms with Gasteiger partial charge in [-0.2, -0.15) is 4.57 Å². The summed E-state index contributed by atoms with van der Waals surface area (Å²) < 4.78 is 6.98.